The minimum absolute atomic E-state index is 0.0155. The number of carboxylic acid groups (broad SMARTS) is 1. The van der Waals surface area contributed by atoms with E-state index in [1.807, 2.05) is 20.8 Å². The molecule has 0 aromatic rings. The van der Waals surface area contributed by atoms with Crippen LogP contribution in [0.5, 0.6) is 0 Å². The minimum atomic E-state index is -0.818. The number of aliphatic carboxylic acids is 1. The summed E-state index contributed by atoms with van der Waals surface area (Å²) < 4.78 is 0. The van der Waals surface area contributed by atoms with Crippen molar-refractivity contribution in [2.24, 2.45) is 5.92 Å². The molecule has 84 valence electrons. The fourth-order valence-electron chi connectivity index (χ4n) is 1.32. The molecule has 2 N–H and O–H groups in total. The van der Waals surface area contributed by atoms with E-state index in [9.17, 15) is 4.79 Å². The summed E-state index contributed by atoms with van der Waals surface area (Å²) in [5, 5.41) is 17.9. The quantitative estimate of drug-likeness (QED) is 0.670. The number of carboxylic acids is 1. The zero-order valence-corrected chi connectivity index (χ0v) is 9.40. The van der Waals surface area contributed by atoms with Gasteiger partial charge in [-0.05, 0) is 26.3 Å². The zero-order chi connectivity index (χ0) is 11.3. The van der Waals surface area contributed by atoms with Gasteiger partial charge in [0.05, 0.1) is 6.61 Å². The Morgan fingerprint density at radius 3 is 2.14 bits per heavy atom. The molecule has 4 heteroatoms. The highest BCUT2D eigenvalue weighted by atomic mass is 16.4. The number of carbonyl (C=O) groups is 1. The number of aliphatic hydroxyl groups is 1. The molecule has 0 saturated carbocycles. The van der Waals surface area contributed by atoms with Crippen molar-refractivity contribution in [3.8, 4) is 0 Å². The van der Waals surface area contributed by atoms with Gasteiger partial charge in [0.1, 0.15) is 6.04 Å². The van der Waals surface area contributed by atoms with Crippen LogP contribution in [0.25, 0.3) is 0 Å². The van der Waals surface area contributed by atoms with E-state index in [1.165, 1.54) is 0 Å². The fraction of sp³-hybridized carbons (Fsp3) is 0.900. The molecule has 0 rings (SSSR count). The van der Waals surface area contributed by atoms with Crippen LogP contribution in [-0.4, -0.2) is 46.8 Å². The summed E-state index contributed by atoms with van der Waals surface area (Å²) in [5.41, 5.74) is 0. The zero-order valence-electron chi connectivity index (χ0n) is 9.40. The molecule has 0 fully saturated rings. The van der Waals surface area contributed by atoms with E-state index >= 15 is 0 Å². The molecular formula is C10H21NO3. The summed E-state index contributed by atoms with van der Waals surface area (Å²) in [6.45, 7) is 5.79. The Kier molecular flexibility index (Phi) is 5.72. The normalized spacial score (nSPS) is 15.9. The van der Waals surface area contributed by atoms with E-state index in [2.05, 4.69) is 0 Å². The Balaban J connectivity index is 4.40. The molecule has 0 saturated heterocycles. The molecule has 0 radical (unpaired) electrons. The van der Waals surface area contributed by atoms with Crippen molar-refractivity contribution < 1.29 is 15.0 Å². The monoisotopic (exact) mass is 203 g/mol. The Labute approximate surface area is 85.5 Å². The highest BCUT2D eigenvalue weighted by molar-refractivity contribution is 5.73. The number of hydrogen-bond donors (Lipinski definition) is 2. The van der Waals surface area contributed by atoms with Gasteiger partial charge in [0.15, 0.2) is 0 Å². The lowest BCUT2D eigenvalue weighted by Crippen LogP contribution is -2.45. The van der Waals surface area contributed by atoms with Gasteiger partial charge in [-0.1, -0.05) is 13.8 Å². The second kappa shape index (κ2) is 5.98. The summed E-state index contributed by atoms with van der Waals surface area (Å²) in [5.74, 6) is -0.481. The third-order valence-corrected chi connectivity index (χ3v) is 2.43. The van der Waals surface area contributed by atoms with Crippen LogP contribution in [0.4, 0.5) is 0 Å². The molecule has 0 heterocycles. The minimum Gasteiger partial charge on any atom is -0.480 e. The lowest BCUT2D eigenvalue weighted by Gasteiger charge is -2.30. The van der Waals surface area contributed by atoms with Gasteiger partial charge in [-0.2, -0.15) is 0 Å². The van der Waals surface area contributed by atoms with Gasteiger partial charge >= 0.3 is 5.97 Å². The number of rotatable bonds is 6. The molecule has 14 heavy (non-hydrogen) atoms. The van der Waals surface area contributed by atoms with Gasteiger partial charge in [-0.3, -0.25) is 9.69 Å². The van der Waals surface area contributed by atoms with Crippen molar-refractivity contribution in [2.75, 3.05) is 13.7 Å². The van der Waals surface area contributed by atoms with E-state index in [-0.39, 0.29) is 12.6 Å². The van der Waals surface area contributed by atoms with Crippen molar-refractivity contribution >= 4 is 5.97 Å². The number of nitrogens with zero attached hydrogens (tertiary/aromatic N) is 1. The van der Waals surface area contributed by atoms with Gasteiger partial charge in [-0.25, -0.2) is 0 Å². The third kappa shape index (κ3) is 4.07. The molecule has 0 aliphatic rings. The van der Waals surface area contributed by atoms with E-state index < -0.39 is 12.0 Å². The Hall–Kier alpha value is -0.610. The average molecular weight is 203 g/mol. The van der Waals surface area contributed by atoms with Crippen molar-refractivity contribution in [3.63, 3.8) is 0 Å². The van der Waals surface area contributed by atoms with E-state index in [4.69, 9.17) is 10.2 Å². The van der Waals surface area contributed by atoms with Gasteiger partial charge in [0, 0.05) is 6.04 Å². The van der Waals surface area contributed by atoms with Crippen LogP contribution in [0.2, 0.25) is 0 Å². The first-order valence-electron chi connectivity index (χ1n) is 4.95. The molecule has 0 spiro atoms. The largest absolute Gasteiger partial charge is 0.480 e. The van der Waals surface area contributed by atoms with Gasteiger partial charge in [0.25, 0.3) is 0 Å². The second-order valence-corrected chi connectivity index (χ2v) is 4.18. The Morgan fingerprint density at radius 1 is 1.36 bits per heavy atom. The summed E-state index contributed by atoms with van der Waals surface area (Å²) in [7, 11) is 1.74. The van der Waals surface area contributed by atoms with Crippen LogP contribution in [0.15, 0.2) is 0 Å². The van der Waals surface area contributed by atoms with Crippen LogP contribution in [-0.2, 0) is 4.79 Å². The molecule has 0 aliphatic carbocycles. The summed E-state index contributed by atoms with van der Waals surface area (Å²) in [6, 6.07) is -0.619. The molecule has 0 bridgehead atoms. The Morgan fingerprint density at radius 2 is 1.86 bits per heavy atom. The first kappa shape index (κ1) is 13.4. The second-order valence-electron chi connectivity index (χ2n) is 4.18. The first-order chi connectivity index (χ1) is 6.40. The SMILES string of the molecule is CC(C)C[C@@H](C(=O)O)N(C)[C@@H](C)CO. The van der Waals surface area contributed by atoms with E-state index in [0.29, 0.717) is 12.3 Å². The van der Waals surface area contributed by atoms with Crippen LogP contribution < -0.4 is 0 Å². The Bertz CT molecular complexity index is 182. The van der Waals surface area contributed by atoms with Crippen molar-refractivity contribution in [1.29, 1.82) is 0 Å². The van der Waals surface area contributed by atoms with Crippen LogP contribution in [0.3, 0.4) is 0 Å². The third-order valence-electron chi connectivity index (χ3n) is 2.43. The predicted molar refractivity (Wildman–Crippen MR) is 55.2 cm³/mol. The first-order valence-corrected chi connectivity index (χ1v) is 4.95. The smallest absolute Gasteiger partial charge is 0.320 e. The average Bonchev–Trinajstić information content (AvgIpc) is 2.11. The van der Waals surface area contributed by atoms with Gasteiger partial charge < -0.3 is 10.2 Å². The fourth-order valence-corrected chi connectivity index (χ4v) is 1.32. The molecule has 4 nitrogen and oxygen atoms in total. The number of hydrogen-bond acceptors (Lipinski definition) is 3. The van der Waals surface area contributed by atoms with Crippen LogP contribution in [0.1, 0.15) is 27.2 Å². The molecule has 0 amide bonds. The maximum absolute atomic E-state index is 11.0. The molecule has 0 aromatic heterocycles. The molecular weight excluding hydrogens is 182 g/mol. The molecule has 0 aliphatic heterocycles. The number of likely N-dealkylation sites (N-methyl/N-ethyl adjacent to an activating group) is 1. The lowest BCUT2D eigenvalue weighted by molar-refractivity contribution is -0.144. The van der Waals surface area contributed by atoms with Crippen LogP contribution >= 0.6 is 0 Å². The maximum atomic E-state index is 11.0. The highest BCUT2D eigenvalue weighted by Gasteiger charge is 2.26. The summed E-state index contributed by atoms with van der Waals surface area (Å²) in [4.78, 5) is 12.7. The molecule has 0 unspecified atom stereocenters. The molecule has 0 aromatic carbocycles. The van der Waals surface area contributed by atoms with Gasteiger partial charge in [0.2, 0.25) is 0 Å². The van der Waals surface area contributed by atoms with Crippen molar-refractivity contribution in [1.82, 2.24) is 4.90 Å². The maximum Gasteiger partial charge on any atom is 0.320 e. The van der Waals surface area contributed by atoms with Crippen LogP contribution in [0, 0.1) is 5.92 Å². The molecule has 2 atom stereocenters. The van der Waals surface area contributed by atoms with E-state index in [1.54, 1.807) is 11.9 Å². The highest BCUT2D eigenvalue weighted by Crippen LogP contribution is 2.12. The number of aliphatic hydroxyl groups excluding tert-OH is 1. The summed E-state index contributed by atoms with van der Waals surface area (Å²) in [6.07, 6.45) is 0.607. The topological polar surface area (TPSA) is 60.8 Å². The standard InChI is InChI=1S/C10H21NO3/c1-7(2)5-9(10(13)14)11(4)8(3)6-12/h7-9,12H,5-6H2,1-4H3,(H,13,14)/t8-,9-/m0/s1. The van der Waals surface area contributed by atoms with Crippen molar-refractivity contribution in [2.45, 2.75) is 39.3 Å². The van der Waals surface area contributed by atoms with Gasteiger partial charge in [-0.15, -0.1) is 0 Å². The van der Waals surface area contributed by atoms with Crippen molar-refractivity contribution in [3.05, 3.63) is 0 Å². The summed E-state index contributed by atoms with van der Waals surface area (Å²) >= 11 is 0. The van der Waals surface area contributed by atoms with E-state index in [0.717, 1.165) is 0 Å². The predicted octanol–water partition coefficient (Wildman–Crippen LogP) is 0.798. The lowest BCUT2D eigenvalue weighted by atomic mass is 10.0.